The second-order valence-corrected chi connectivity index (χ2v) is 3.66. The largest absolute Gasteiger partial charge is 0.480 e. The Hall–Kier alpha value is -1.63. The van der Waals surface area contributed by atoms with Gasteiger partial charge in [0, 0.05) is 13.1 Å². The van der Waals surface area contributed by atoms with Crippen LogP contribution in [0.2, 0.25) is 0 Å². The molecule has 0 aromatic rings. The quantitative estimate of drug-likeness (QED) is 0.449. The summed E-state index contributed by atoms with van der Waals surface area (Å²) in [5.41, 5.74) is -1.48. The molecule has 1 amide bonds. The Balaban J connectivity index is 2.85. The monoisotopic (exact) mass is 230 g/mol. The third-order valence-corrected chi connectivity index (χ3v) is 2.49. The molecule has 1 unspecified atom stereocenters. The number of ether oxygens (including phenoxy) is 1. The van der Waals surface area contributed by atoms with Crippen molar-refractivity contribution >= 4 is 17.8 Å². The molecule has 16 heavy (non-hydrogen) atoms. The number of carboxylic acid groups (broad SMARTS) is 1. The van der Waals surface area contributed by atoms with Crippen molar-refractivity contribution in [1.29, 1.82) is 0 Å². The highest BCUT2D eigenvalue weighted by Crippen LogP contribution is 2.14. The fourth-order valence-electron chi connectivity index (χ4n) is 1.61. The number of carbonyl (C=O) groups is 3. The summed E-state index contributed by atoms with van der Waals surface area (Å²) in [5, 5.41) is 11.4. The lowest BCUT2D eigenvalue weighted by molar-refractivity contribution is -0.161. The third-order valence-electron chi connectivity index (χ3n) is 2.49. The zero-order valence-corrected chi connectivity index (χ0v) is 9.15. The van der Waals surface area contributed by atoms with Gasteiger partial charge >= 0.3 is 11.9 Å². The van der Waals surface area contributed by atoms with E-state index in [0.29, 0.717) is 6.54 Å². The van der Waals surface area contributed by atoms with Crippen LogP contribution in [-0.4, -0.2) is 60.1 Å². The average molecular weight is 230 g/mol. The van der Waals surface area contributed by atoms with Crippen molar-refractivity contribution in [3.05, 3.63) is 0 Å². The van der Waals surface area contributed by atoms with Gasteiger partial charge in [-0.2, -0.15) is 0 Å². The van der Waals surface area contributed by atoms with E-state index >= 15 is 0 Å². The number of esters is 1. The van der Waals surface area contributed by atoms with Crippen molar-refractivity contribution in [2.45, 2.75) is 12.5 Å². The van der Waals surface area contributed by atoms with Gasteiger partial charge in [-0.3, -0.25) is 14.9 Å². The van der Waals surface area contributed by atoms with Gasteiger partial charge in [0.25, 0.3) is 5.91 Å². The Morgan fingerprint density at radius 2 is 2.25 bits per heavy atom. The number of nitrogens with zero attached hydrogens (tertiary/aromatic N) is 1. The van der Waals surface area contributed by atoms with Gasteiger partial charge in [-0.15, -0.1) is 0 Å². The number of piperazine rings is 1. The van der Waals surface area contributed by atoms with Crippen molar-refractivity contribution in [3.8, 4) is 0 Å². The smallest absolute Gasteiger partial charge is 0.335 e. The van der Waals surface area contributed by atoms with E-state index in [2.05, 4.69) is 10.1 Å². The number of nitrogens with one attached hydrogen (secondary N) is 1. The molecular formula is C9H14N2O5. The molecule has 1 atom stereocenters. The van der Waals surface area contributed by atoms with Crippen LogP contribution in [0.3, 0.4) is 0 Å². The highest BCUT2D eigenvalue weighted by molar-refractivity contribution is 6.08. The molecule has 1 fully saturated rings. The molecule has 0 radical (unpaired) electrons. The van der Waals surface area contributed by atoms with Gasteiger partial charge in [-0.25, -0.2) is 4.79 Å². The summed E-state index contributed by atoms with van der Waals surface area (Å²) in [4.78, 5) is 35.0. The van der Waals surface area contributed by atoms with E-state index in [1.165, 1.54) is 14.0 Å². The summed E-state index contributed by atoms with van der Waals surface area (Å²) < 4.78 is 4.52. The van der Waals surface area contributed by atoms with Crippen LogP contribution in [0.15, 0.2) is 0 Å². The van der Waals surface area contributed by atoms with Crippen LogP contribution in [0.5, 0.6) is 0 Å². The second kappa shape index (κ2) is 4.48. The molecule has 0 bridgehead atoms. The van der Waals surface area contributed by atoms with E-state index in [9.17, 15) is 14.4 Å². The maximum atomic E-state index is 11.9. The maximum absolute atomic E-state index is 11.9. The molecule has 0 saturated carbocycles. The van der Waals surface area contributed by atoms with Crippen LogP contribution in [0.25, 0.3) is 0 Å². The molecule has 1 heterocycles. The van der Waals surface area contributed by atoms with Gasteiger partial charge in [-0.1, -0.05) is 0 Å². The fourth-order valence-corrected chi connectivity index (χ4v) is 1.61. The van der Waals surface area contributed by atoms with Gasteiger partial charge in [0.15, 0.2) is 5.54 Å². The second-order valence-electron chi connectivity index (χ2n) is 3.66. The number of carboxylic acids is 1. The summed E-state index contributed by atoms with van der Waals surface area (Å²) in [6.07, 6.45) is 0. The van der Waals surface area contributed by atoms with Crippen molar-refractivity contribution in [2.75, 3.05) is 26.7 Å². The first-order chi connectivity index (χ1) is 7.41. The van der Waals surface area contributed by atoms with Gasteiger partial charge < -0.3 is 14.7 Å². The lowest BCUT2D eigenvalue weighted by Gasteiger charge is -2.37. The number of aliphatic carboxylic acids is 1. The molecule has 2 N–H and O–H groups in total. The number of methoxy groups -OCH3 is 1. The fraction of sp³-hybridized carbons (Fsp3) is 0.667. The molecule has 90 valence electrons. The van der Waals surface area contributed by atoms with Gasteiger partial charge in [0.05, 0.1) is 7.11 Å². The number of hydrogen-bond acceptors (Lipinski definition) is 5. The first-order valence-electron chi connectivity index (χ1n) is 4.76. The molecule has 1 rings (SSSR count). The molecule has 0 aromatic carbocycles. The number of amides is 1. The molecule has 1 aliphatic rings. The van der Waals surface area contributed by atoms with Gasteiger partial charge in [-0.05, 0) is 6.92 Å². The topological polar surface area (TPSA) is 95.9 Å². The van der Waals surface area contributed by atoms with Crippen LogP contribution in [0.1, 0.15) is 6.92 Å². The van der Waals surface area contributed by atoms with E-state index in [1.54, 1.807) is 0 Å². The normalized spacial score (nSPS) is 25.4. The van der Waals surface area contributed by atoms with Gasteiger partial charge in [0.1, 0.15) is 6.54 Å². The molecule has 0 aromatic heterocycles. The summed E-state index contributed by atoms with van der Waals surface area (Å²) in [7, 11) is 1.18. The van der Waals surface area contributed by atoms with E-state index in [0.717, 1.165) is 4.90 Å². The average Bonchev–Trinajstić information content (AvgIpc) is 2.23. The highest BCUT2D eigenvalue weighted by Gasteiger charge is 2.47. The lowest BCUT2D eigenvalue weighted by Crippen LogP contribution is -2.67. The zero-order chi connectivity index (χ0) is 12.3. The predicted octanol–water partition coefficient (Wildman–Crippen LogP) is -1.57. The Morgan fingerprint density at radius 3 is 2.75 bits per heavy atom. The Labute approximate surface area is 92.4 Å². The van der Waals surface area contributed by atoms with E-state index in [4.69, 9.17) is 5.11 Å². The van der Waals surface area contributed by atoms with Crippen LogP contribution in [0, 0.1) is 0 Å². The summed E-state index contributed by atoms with van der Waals surface area (Å²) in [5.74, 6) is -2.40. The Kier molecular flexibility index (Phi) is 3.48. The summed E-state index contributed by atoms with van der Waals surface area (Å²) in [6, 6.07) is 0. The van der Waals surface area contributed by atoms with Crippen molar-refractivity contribution in [1.82, 2.24) is 10.2 Å². The van der Waals surface area contributed by atoms with E-state index in [1.807, 2.05) is 0 Å². The maximum Gasteiger partial charge on any atom is 0.335 e. The first-order valence-corrected chi connectivity index (χ1v) is 4.76. The van der Waals surface area contributed by atoms with E-state index in [-0.39, 0.29) is 6.54 Å². The van der Waals surface area contributed by atoms with Crippen LogP contribution in [-0.2, 0) is 19.1 Å². The van der Waals surface area contributed by atoms with Crippen LogP contribution >= 0.6 is 0 Å². The standard InChI is InChI=1S/C9H14N2O5/c1-9(8(15)16-2)7(14)11(4-3-10-9)5-6(12)13/h10H,3-5H2,1-2H3,(H,12,13). The predicted molar refractivity (Wildman–Crippen MR) is 52.6 cm³/mol. The highest BCUT2D eigenvalue weighted by atomic mass is 16.5. The Bertz CT molecular complexity index is 330. The van der Waals surface area contributed by atoms with E-state index < -0.39 is 29.9 Å². The summed E-state index contributed by atoms with van der Waals surface area (Å²) >= 11 is 0. The molecule has 1 aliphatic heterocycles. The SMILES string of the molecule is COC(=O)C1(C)NCCN(CC(=O)O)C1=O. The van der Waals surface area contributed by atoms with Crippen LogP contribution < -0.4 is 5.32 Å². The first kappa shape index (κ1) is 12.4. The number of carbonyl (C=O) groups excluding carboxylic acids is 2. The number of hydrogen-bond donors (Lipinski definition) is 2. The lowest BCUT2D eigenvalue weighted by atomic mass is 9.98. The molecular weight excluding hydrogens is 216 g/mol. The molecule has 7 nitrogen and oxygen atoms in total. The van der Waals surface area contributed by atoms with Crippen molar-refractivity contribution in [3.63, 3.8) is 0 Å². The molecule has 0 aliphatic carbocycles. The third kappa shape index (κ3) is 2.13. The van der Waals surface area contributed by atoms with Crippen molar-refractivity contribution < 1.29 is 24.2 Å². The minimum absolute atomic E-state index is 0.262. The zero-order valence-electron chi connectivity index (χ0n) is 9.15. The summed E-state index contributed by atoms with van der Waals surface area (Å²) in [6.45, 7) is 1.59. The molecule has 7 heteroatoms. The number of rotatable bonds is 3. The van der Waals surface area contributed by atoms with Crippen molar-refractivity contribution in [2.24, 2.45) is 0 Å². The molecule has 0 spiro atoms. The van der Waals surface area contributed by atoms with Gasteiger partial charge in [0.2, 0.25) is 0 Å². The Morgan fingerprint density at radius 1 is 1.62 bits per heavy atom. The minimum Gasteiger partial charge on any atom is -0.480 e. The molecule has 1 saturated heterocycles. The van der Waals surface area contributed by atoms with Crippen LogP contribution in [0.4, 0.5) is 0 Å². The minimum atomic E-state index is -1.48.